The summed E-state index contributed by atoms with van der Waals surface area (Å²) >= 11 is 0. The second-order valence-corrected chi connectivity index (χ2v) is 10.8. The third-order valence-electron chi connectivity index (χ3n) is 6.84. The molecule has 0 aliphatic rings. The molecule has 0 N–H and O–H groups in total. The molecule has 0 rings (SSSR count). The van der Waals surface area contributed by atoms with Crippen LogP contribution in [-0.2, 0) is 42.6 Å². The third kappa shape index (κ3) is 41.6. The summed E-state index contributed by atoms with van der Waals surface area (Å²) in [4.78, 5) is 0. The van der Waals surface area contributed by atoms with Crippen LogP contribution in [0.5, 0.6) is 0 Å². The van der Waals surface area contributed by atoms with Crippen molar-refractivity contribution in [3.05, 3.63) is 0 Å². The van der Waals surface area contributed by atoms with E-state index in [1.165, 1.54) is 83.5 Å². The molecule has 266 valence electrons. The van der Waals surface area contributed by atoms with Gasteiger partial charge >= 0.3 is 0 Å². The third-order valence-corrected chi connectivity index (χ3v) is 6.84. The van der Waals surface area contributed by atoms with Crippen LogP contribution in [0.1, 0.15) is 96.8 Å². The van der Waals surface area contributed by atoms with E-state index in [0.717, 1.165) is 13.0 Å². The highest BCUT2D eigenvalue weighted by Crippen LogP contribution is 2.12. The molecule has 0 spiro atoms. The van der Waals surface area contributed by atoms with Crippen LogP contribution in [0.15, 0.2) is 0 Å². The Kier molecular flexibility index (Phi) is 42.2. The molecule has 0 amide bonds. The van der Waals surface area contributed by atoms with Crippen LogP contribution in [0, 0.1) is 0 Å². The highest BCUT2D eigenvalue weighted by atomic mass is 19.1. The maximum atomic E-state index is 11.8. The SMILES string of the molecule is CCCCCCCCCCCCCCCCOCCOCCOCCOCCOCCOCCOCCOCCOCCF. The Morgan fingerprint density at radius 1 is 0.250 bits per heavy atom. The molecule has 0 heterocycles. The fourth-order valence-electron chi connectivity index (χ4n) is 4.31. The van der Waals surface area contributed by atoms with Crippen LogP contribution in [0.3, 0.4) is 0 Å². The predicted octanol–water partition coefficient (Wildman–Crippen LogP) is 6.59. The average molecular weight is 641 g/mol. The van der Waals surface area contributed by atoms with Gasteiger partial charge in [0, 0.05) is 6.61 Å². The summed E-state index contributed by atoms with van der Waals surface area (Å²) in [6, 6.07) is 0. The van der Waals surface area contributed by atoms with E-state index < -0.39 is 6.67 Å². The van der Waals surface area contributed by atoms with Crippen molar-refractivity contribution >= 4 is 0 Å². The van der Waals surface area contributed by atoms with Gasteiger partial charge in [0.25, 0.3) is 0 Å². The van der Waals surface area contributed by atoms with Crippen molar-refractivity contribution in [1.82, 2.24) is 0 Å². The van der Waals surface area contributed by atoms with Crippen LogP contribution >= 0.6 is 0 Å². The van der Waals surface area contributed by atoms with Crippen molar-refractivity contribution in [3.63, 3.8) is 0 Å². The van der Waals surface area contributed by atoms with Crippen LogP contribution in [0.2, 0.25) is 0 Å². The summed E-state index contributed by atoms with van der Waals surface area (Å²) in [5, 5.41) is 0. The number of unbranched alkanes of at least 4 members (excludes halogenated alkanes) is 13. The maximum Gasteiger partial charge on any atom is 0.113 e. The number of alkyl halides is 1. The van der Waals surface area contributed by atoms with Gasteiger partial charge in [-0.05, 0) is 6.42 Å². The van der Waals surface area contributed by atoms with Gasteiger partial charge in [0.2, 0.25) is 0 Å². The average Bonchev–Trinajstić information content (AvgIpc) is 3.04. The molecule has 0 atom stereocenters. The van der Waals surface area contributed by atoms with Crippen molar-refractivity contribution in [2.45, 2.75) is 96.8 Å². The summed E-state index contributed by atoms with van der Waals surface area (Å²) in [5.74, 6) is 0. The second-order valence-electron chi connectivity index (χ2n) is 10.8. The molecule has 9 nitrogen and oxygen atoms in total. The van der Waals surface area contributed by atoms with E-state index in [9.17, 15) is 4.39 Å². The summed E-state index contributed by atoms with van der Waals surface area (Å²) in [6.07, 6.45) is 19.3. The molecule has 44 heavy (non-hydrogen) atoms. The first-order chi connectivity index (χ1) is 21.9. The predicted molar refractivity (Wildman–Crippen MR) is 174 cm³/mol. The normalized spacial score (nSPS) is 11.6. The van der Waals surface area contributed by atoms with Gasteiger partial charge in [-0.3, -0.25) is 0 Å². The first-order valence-corrected chi connectivity index (χ1v) is 17.7. The van der Waals surface area contributed by atoms with E-state index >= 15 is 0 Å². The Hall–Kier alpha value is -0.430. The van der Waals surface area contributed by atoms with Crippen LogP contribution in [0.4, 0.5) is 4.39 Å². The zero-order valence-electron chi connectivity index (χ0n) is 28.4. The van der Waals surface area contributed by atoms with Crippen LogP contribution in [0.25, 0.3) is 0 Å². The van der Waals surface area contributed by atoms with E-state index in [4.69, 9.17) is 42.6 Å². The van der Waals surface area contributed by atoms with Gasteiger partial charge in [0.15, 0.2) is 0 Å². The Morgan fingerprint density at radius 3 is 0.705 bits per heavy atom. The molecule has 0 aromatic carbocycles. The minimum absolute atomic E-state index is 0.121. The van der Waals surface area contributed by atoms with Gasteiger partial charge in [0.05, 0.1) is 112 Å². The van der Waals surface area contributed by atoms with E-state index in [-0.39, 0.29) is 6.61 Å². The van der Waals surface area contributed by atoms with Gasteiger partial charge in [-0.1, -0.05) is 90.4 Å². The highest BCUT2D eigenvalue weighted by Gasteiger charge is 1.97. The minimum atomic E-state index is -0.467. The zero-order chi connectivity index (χ0) is 31.7. The lowest BCUT2D eigenvalue weighted by molar-refractivity contribution is -0.0252. The van der Waals surface area contributed by atoms with Gasteiger partial charge < -0.3 is 42.6 Å². The summed E-state index contributed by atoms with van der Waals surface area (Å²) in [6.45, 7) is 11.1. The van der Waals surface area contributed by atoms with Crippen molar-refractivity contribution in [2.24, 2.45) is 0 Å². The zero-order valence-corrected chi connectivity index (χ0v) is 28.4. The molecule has 0 aromatic heterocycles. The Labute approximate surface area is 269 Å². The lowest BCUT2D eigenvalue weighted by atomic mass is 10.0. The standard InChI is InChI=1S/C34H69FO9/c1-2-3-4-5-6-7-8-9-10-11-12-13-14-15-17-36-19-21-38-23-25-40-27-29-42-31-33-44-34-32-43-30-28-41-26-24-39-22-20-37-18-16-35/h2-34H2,1H3. The molecule has 0 fully saturated rings. The molecule has 0 saturated carbocycles. The molecular formula is C34H69FO9. The smallest absolute Gasteiger partial charge is 0.113 e. The number of hydrogen-bond acceptors (Lipinski definition) is 9. The van der Waals surface area contributed by atoms with Gasteiger partial charge in [0.1, 0.15) is 6.67 Å². The molecule has 0 bridgehead atoms. The largest absolute Gasteiger partial charge is 0.379 e. The molecular weight excluding hydrogens is 571 g/mol. The van der Waals surface area contributed by atoms with Crippen LogP contribution < -0.4 is 0 Å². The van der Waals surface area contributed by atoms with Crippen molar-refractivity contribution in [1.29, 1.82) is 0 Å². The molecule has 0 aliphatic heterocycles. The first kappa shape index (κ1) is 43.6. The number of rotatable bonds is 41. The van der Waals surface area contributed by atoms with Crippen molar-refractivity contribution in [3.8, 4) is 0 Å². The van der Waals surface area contributed by atoms with Crippen molar-refractivity contribution < 1.29 is 47.0 Å². The molecule has 0 saturated heterocycles. The molecule has 0 radical (unpaired) electrons. The Balaban J connectivity index is 3.03. The summed E-state index contributed by atoms with van der Waals surface area (Å²) in [7, 11) is 0. The Bertz CT molecular complexity index is 450. The fraction of sp³-hybridized carbons (Fsp3) is 1.00. The number of hydrogen-bond donors (Lipinski definition) is 0. The number of ether oxygens (including phenoxy) is 9. The first-order valence-electron chi connectivity index (χ1n) is 17.7. The van der Waals surface area contributed by atoms with Gasteiger partial charge in [-0.2, -0.15) is 0 Å². The van der Waals surface area contributed by atoms with E-state index in [1.54, 1.807) is 0 Å². The maximum absolute atomic E-state index is 11.8. The quantitative estimate of drug-likeness (QED) is 0.0688. The van der Waals surface area contributed by atoms with Crippen molar-refractivity contribution in [2.75, 3.05) is 126 Å². The van der Waals surface area contributed by atoms with E-state index in [2.05, 4.69) is 6.92 Å². The second kappa shape index (κ2) is 42.6. The topological polar surface area (TPSA) is 83.1 Å². The summed E-state index contributed by atoms with van der Waals surface area (Å²) in [5.41, 5.74) is 0. The van der Waals surface area contributed by atoms with E-state index in [0.29, 0.717) is 106 Å². The number of halogens is 1. The van der Waals surface area contributed by atoms with Gasteiger partial charge in [-0.15, -0.1) is 0 Å². The minimum Gasteiger partial charge on any atom is -0.379 e. The Morgan fingerprint density at radius 2 is 0.455 bits per heavy atom. The lowest BCUT2D eigenvalue weighted by Crippen LogP contribution is -2.15. The summed E-state index contributed by atoms with van der Waals surface area (Å²) < 4.78 is 60.6. The lowest BCUT2D eigenvalue weighted by Gasteiger charge is -2.09. The highest BCUT2D eigenvalue weighted by molar-refractivity contribution is 4.49. The fourth-order valence-corrected chi connectivity index (χ4v) is 4.31. The molecule has 0 aliphatic carbocycles. The molecule has 0 aromatic rings. The van der Waals surface area contributed by atoms with E-state index in [1.807, 2.05) is 0 Å². The van der Waals surface area contributed by atoms with Gasteiger partial charge in [-0.25, -0.2) is 4.39 Å². The molecule has 10 heteroatoms. The molecule has 0 unspecified atom stereocenters. The monoisotopic (exact) mass is 640 g/mol. The van der Waals surface area contributed by atoms with Crippen LogP contribution in [-0.4, -0.2) is 126 Å².